The minimum Gasteiger partial charge on any atom is -0.460 e. The summed E-state index contributed by atoms with van der Waals surface area (Å²) in [5.74, 6) is 3.42. The van der Waals surface area contributed by atoms with Gasteiger partial charge in [0.25, 0.3) is 0 Å². The quantitative estimate of drug-likeness (QED) is 0.868. The molecule has 0 spiro atoms. The third kappa shape index (κ3) is 1.66. The molecule has 18 heavy (non-hydrogen) atoms. The molecule has 4 fully saturated rings. The molecule has 2 N–H and O–H groups in total. The molecule has 4 aliphatic rings. The lowest BCUT2D eigenvalue weighted by Crippen LogP contribution is -2.50. The van der Waals surface area contributed by atoms with Gasteiger partial charge in [0.1, 0.15) is 6.10 Å². The van der Waals surface area contributed by atoms with Gasteiger partial charge in [-0.15, -0.1) is 0 Å². The Morgan fingerprint density at radius 1 is 0.944 bits per heavy atom. The molecule has 0 atom stereocenters. The SMILES string of the molecule is Nc1cnc(OC2C3CC4CC(C3)CC2C4)nc1. The summed E-state index contributed by atoms with van der Waals surface area (Å²) in [6.45, 7) is 0. The Labute approximate surface area is 107 Å². The number of aromatic nitrogens is 2. The zero-order valence-corrected chi connectivity index (χ0v) is 10.5. The number of rotatable bonds is 2. The molecule has 1 heterocycles. The van der Waals surface area contributed by atoms with Crippen molar-refractivity contribution in [1.29, 1.82) is 0 Å². The third-order valence-corrected chi connectivity index (χ3v) is 5.03. The highest BCUT2D eigenvalue weighted by Crippen LogP contribution is 2.54. The minimum absolute atomic E-state index is 0.349. The van der Waals surface area contributed by atoms with E-state index in [9.17, 15) is 0 Å². The van der Waals surface area contributed by atoms with Crippen molar-refractivity contribution in [3.63, 3.8) is 0 Å². The summed E-state index contributed by atoms with van der Waals surface area (Å²) in [5, 5.41) is 0. The van der Waals surface area contributed by atoms with Crippen molar-refractivity contribution in [2.45, 2.75) is 38.2 Å². The predicted octanol–water partition coefficient (Wildman–Crippen LogP) is 2.26. The number of nitrogens with two attached hydrogens (primary N) is 1. The zero-order chi connectivity index (χ0) is 12.1. The van der Waals surface area contributed by atoms with E-state index in [-0.39, 0.29) is 0 Å². The Morgan fingerprint density at radius 2 is 1.50 bits per heavy atom. The van der Waals surface area contributed by atoms with Crippen LogP contribution in [0.3, 0.4) is 0 Å². The zero-order valence-electron chi connectivity index (χ0n) is 10.5. The van der Waals surface area contributed by atoms with Crippen molar-refractivity contribution in [3.8, 4) is 6.01 Å². The first-order chi connectivity index (χ1) is 8.78. The van der Waals surface area contributed by atoms with Crippen molar-refractivity contribution in [1.82, 2.24) is 9.97 Å². The van der Waals surface area contributed by atoms with Crippen molar-refractivity contribution in [3.05, 3.63) is 12.4 Å². The van der Waals surface area contributed by atoms with E-state index in [2.05, 4.69) is 9.97 Å². The van der Waals surface area contributed by atoms with Gasteiger partial charge in [0.2, 0.25) is 0 Å². The van der Waals surface area contributed by atoms with Crippen LogP contribution in [-0.2, 0) is 0 Å². The van der Waals surface area contributed by atoms with Crippen LogP contribution < -0.4 is 10.5 Å². The van der Waals surface area contributed by atoms with Gasteiger partial charge < -0.3 is 10.5 Å². The molecule has 4 saturated carbocycles. The van der Waals surface area contributed by atoms with Crippen LogP contribution in [0.5, 0.6) is 6.01 Å². The Morgan fingerprint density at radius 3 is 2.06 bits per heavy atom. The van der Waals surface area contributed by atoms with E-state index < -0.39 is 0 Å². The van der Waals surface area contributed by atoms with Crippen LogP contribution in [0.1, 0.15) is 32.1 Å². The van der Waals surface area contributed by atoms with Gasteiger partial charge in [-0.3, -0.25) is 0 Å². The highest BCUT2D eigenvalue weighted by atomic mass is 16.5. The number of nitrogen functional groups attached to an aromatic ring is 1. The lowest BCUT2D eigenvalue weighted by Gasteiger charge is -2.53. The van der Waals surface area contributed by atoms with Gasteiger partial charge in [0, 0.05) is 0 Å². The van der Waals surface area contributed by atoms with E-state index >= 15 is 0 Å². The summed E-state index contributed by atoms with van der Waals surface area (Å²) in [6.07, 6.45) is 10.5. The van der Waals surface area contributed by atoms with Crippen LogP contribution in [0.4, 0.5) is 5.69 Å². The Bertz CT molecular complexity index is 417. The fraction of sp³-hybridized carbons (Fsp3) is 0.714. The van der Waals surface area contributed by atoms with E-state index in [1.165, 1.54) is 32.1 Å². The summed E-state index contributed by atoms with van der Waals surface area (Å²) in [4.78, 5) is 8.34. The molecule has 4 nitrogen and oxygen atoms in total. The molecule has 96 valence electrons. The largest absolute Gasteiger partial charge is 0.460 e. The molecule has 5 rings (SSSR count). The van der Waals surface area contributed by atoms with Gasteiger partial charge in [-0.1, -0.05) is 0 Å². The van der Waals surface area contributed by atoms with Gasteiger partial charge >= 0.3 is 6.01 Å². The van der Waals surface area contributed by atoms with E-state index in [0.717, 1.165) is 23.7 Å². The monoisotopic (exact) mass is 245 g/mol. The predicted molar refractivity (Wildman–Crippen MR) is 67.9 cm³/mol. The molecule has 4 aliphatic carbocycles. The molecular weight excluding hydrogens is 226 g/mol. The molecule has 1 aromatic rings. The number of nitrogens with zero attached hydrogens (tertiary/aromatic N) is 2. The summed E-state index contributed by atoms with van der Waals surface area (Å²) in [6, 6.07) is 0.502. The summed E-state index contributed by atoms with van der Waals surface area (Å²) in [5.41, 5.74) is 6.19. The van der Waals surface area contributed by atoms with Crippen LogP contribution in [0.15, 0.2) is 12.4 Å². The van der Waals surface area contributed by atoms with Gasteiger partial charge in [0.15, 0.2) is 0 Å². The maximum absolute atomic E-state index is 6.07. The lowest BCUT2D eigenvalue weighted by atomic mass is 9.55. The highest BCUT2D eigenvalue weighted by Gasteiger charge is 2.49. The fourth-order valence-electron chi connectivity index (χ4n) is 4.58. The van der Waals surface area contributed by atoms with Crippen LogP contribution in [-0.4, -0.2) is 16.1 Å². The number of ether oxygens (including phenoxy) is 1. The van der Waals surface area contributed by atoms with Crippen LogP contribution in [0, 0.1) is 23.7 Å². The summed E-state index contributed by atoms with van der Waals surface area (Å²) in [7, 11) is 0. The third-order valence-electron chi connectivity index (χ3n) is 5.03. The Kier molecular flexibility index (Phi) is 2.26. The minimum atomic E-state index is 0.349. The van der Waals surface area contributed by atoms with Crippen LogP contribution in [0.25, 0.3) is 0 Å². The number of hydrogen-bond donors (Lipinski definition) is 1. The van der Waals surface area contributed by atoms with Gasteiger partial charge in [-0.05, 0) is 55.8 Å². The number of anilines is 1. The van der Waals surface area contributed by atoms with Gasteiger partial charge in [0.05, 0.1) is 18.1 Å². The van der Waals surface area contributed by atoms with Crippen molar-refractivity contribution >= 4 is 5.69 Å². The van der Waals surface area contributed by atoms with E-state index in [4.69, 9.17) is 10.5 Å². The van der Waals surface area contributed by atoms with E-state index in [0.29, 0.717) is 17.8 Å². The summed E-state index contributed by atoms with van der Waals surface area (Å²) >= 11 is 0. The summed E-state index contributed by atoms with van der Waals surface area (Å²) < 4.78 is 6.07. The molecule has 4 bridgehead atoms. The topological polar surface area (TPSA) is 61.0 Å². The average molecular weight is 245 g/mol. The Balaban J connectivity index is 1.53. The second-order valence-electron chi connectivity index (χ2n) is 6.31. The molecule has 4 heteroatoms. The lowest BCUT2D eigenvalue weighted by molar-refractivity contribution is -0.0821. The first-order valence-corrected chi connectivity index (χ1v) is 7.02. The second kappa shape index (κ2) is 3.84. The van der Waals surface area contributed by atoms with Gasteiger partial charge in [-0.2, -0.15) is 0 Å². The van der Waals surface area contributed by atoms with Crippen molar-refractivity contribution in [2.24, 2.45) is 23.7 Å². The maximum atomic E-state index is 6.07. The molecular formula is C14H19N3O. The maximum Gasteiger partial charge on any atom is 0.316 e. The molecule has 0 aromatic carbocycles. The normalized spacial score (nSPS) is 41.0. The molecule has 0 aliphatic heterocycles. The van der Waals surface area contributed by atoms with Crippen molar-refractivity contribution < 1.29 is 4.74 Å². The van der Waals surface area contributed by atoms with Crippen molar-refractivity contribution in [2.75, 3.05) is 5.73 Å². The van der Waals surface area contributed by atoms with Crippen LogP contribution >= 0.6 is 0 Å². The molecule has 0 unspecified atom stereocenters. The van der Waals surface area contributed by atoms with Crippen LogP contribution in [0.2, 0.25) is 0 Å². The average Bonchev–Trinajstić information content (AvgIpc) is 2.35. The van der Waals surface area contributed by atoms with E-state index in [1.807, 2.05) is 0 Å². The first-order valence-electron chi connectivity index (χ1n) is 7.02. The second-order valence-corrected chi connectivity index (χ2v) is 6.31. The smallest absolute Gasteiger partial charge is 0.316 e. The Hall–Kier alpha value is -1.32. The molecule has 0 saturated heterocycles. The highest BCUT2D eigenvalue weighted by molar-refractivity contribution is 5.30. The standard InChI is InChI=1S/C14H19N3O/c15-12-6-16-14(17-7-12)18-13-10-2-8-1-9(4-10)5-11(13)3-8/h6-11,13H,1-5,15H2. The number of hydrogen-bond acceptors (Lipinski definition) is 4. The van der Waals surface area contributed by atoms with Gasteiger partial charge in [-0.25, -0.2) is 9.97 Å². The molecule has 0 radical (unpaired) electrons. The molecule has 1 aromatic heterocycles. The fourth-order valence-corrected chi connectivity index (χ4v) is 4.58. The molecule has 0 amide bonds. The first kappa shape index (κ1) is 10.6. The van der Waals surface area contributed by atoms with E-state index in [1.54, 1.807) is 12.4 Å².